The van der Waals surface area contributed by atoms with E-state index in [2.05, 4.69) is 0 Å². The standard InChI is InChI=1S/C27H32N2O10/c1-10-22(31)13(28)6-17(38-10)39-15-8-27(36,16(29)9-30)7-12-19(15)26(35)21-20(24(12)33)23(32)11-4-3-5-14(37-2)18(11)25(21)34/h3-5,10,13,15,17,22-23,29-33,35-36H,6-9,28H2,1-2H3/t10-,13+,15-,17-,22-,23?,27-/m0/s1. The first kappa shape index (κ1) is 27.5. The first-order chi connectivity index (χ1) is 18.4. The van der Waals surface area contributed by atoms with Gasteiger partial charge >= 0.3 is 0 Å². The summed E-state index contributed by atoms with van der Waals surface area (Å²) in [7, 11) is 1.36. The van der Waals surface area contributed by atoms with Crippen molar-refractivity contribution in [1.82, 2.24) is 0 Å². The van der Waals surface area contributed by atoms with Gasteiger partial charge in [-0.2, -0.15) is 0 Å². The highest BCUT2D eigenvalue weighted by Gasteiger charge is 2.49. The molecular formula is C27H32N2O10. The summed E-state index contributed by atoms with van der Waals surface area (Å²) in [6, 6.07) is 3.92. The Morgan fingerprint density at radius 3 is 2.56 bits per heavy atom. The molecule has 12 heteroatoms. The van der Waals surface area contributed by atoms with Crippen molar-refractivity contribution < 1.29 is 49.6 Å². The van der Waals surface area contributed by atoms with Crippen molar-refractivity contribution in [3.05, 3.63) is 51.6 Å². The predicted molar refractivity (Wildman–Crippen MR) is 135 cm³/mol. The van der Waals surface area contributed by atoms with Crippen molar-refractivity contribution in [1.29, 1.82) is 5.41 Å². The Bertz CT molecular complexity index is 1330. The molecule has 3 aliphatic rings. The minimum atomic E-state index is -1.99. The Morgan fingerprint density at radius 1 is 1.21 bits per heavy atom. The largest absolute Gasteiger partial charge is 0.507 e. The van der Waals surface area contributed by atoms with Crippen molar-refractivity contribution in [3.63, 3.8) is 0 Å². The smallest absolute Gasteiger partial charge is 0.201 e. The maximum absolute atomic E-state index is 13.7. The number of benzene rings is 2. The topological polar surface area (TPSA) is 216 Å². The van der Waals surface area contributed by atoms with Gasteiger partial charge in [-0.15, -0.1) is 0 Å². The molecule has 7 atom stereocenters. The summed E-state index contributed by atoms with van der Waals surface area (Å²) in [5, 5.41) is 73.6. The lowest BCUT2D eigenvalue weighted by Crippen LogP contribution is -2.52. The predicted octanol–water partition coefficient (Wildman–Crippen LogP) is 0.303. The summed E-state index contributed by atoms with van der Waals surface area (Å²) >= 11 is 0. The Morgan fingerprint density at radius 2 is 1.92 bits per heavy atom. The van der Waals surface area contributed by atoms with Crippen LogP contribution < -0.4 is 10.5 Å². The third-order valence-corrected chi connectivity index (χ3v) is 8.03. The maximum atomic E-state index is 13.7. The number of phenolic OH excluding ortho intramolecular Hbond substituents is 2. The number of carbonyl (C=O) groups excluding carboxylic acids is 1. The summed E-state index contributed by atoms with van der Waals surface area (Å²) in [5.74, 6) is -1.62. The number of ketones is 1. The van der Waals surface area contributed by atoms with Crippen LogP contribution in [0.1, 0.15) is 70.1 Å². The van der Waals surface area contributed by atoms with E-state index < -0.39 is 78.4 Å². The van der Waals surface area contributed by atoms with Crippen molar-refractivity contribution in [2.75, 3.05) is 13.7 Å². The molecule has 2 aromatic rings. The van der Waals surface area contributed by atoms with Gasteiger partial charge in [-0.25, -0.2) is 0 Å². The average Bonchev–Trinajstić information content (AvgIpc) is 2.90. The van der Waals surface area contributed by atoms with Crippen LogP contribution in [0.15, 0.2) is 18.2 Å². The van der Waals surface area contributed by atoms with Gasteiger partial charge in [0.05, 0.1) is 48.9 Å². The number of fused-ring (bicyclic) bond motifs is 3. The van der Waals surface area contributed by atoms with Crippen molar-refractivity contribution >= 4 is 11.5 Å². The van der Waals surface area contributed by atoms with Gasteiger partial charge in [-0.05, 0) is 13.0 Å². The number of aliphatic hydroxyl groups is 4. The highest BCUT2D eigenvalue weighted by atomic mass is 16.7. The van der Waals surface area contributed by atoms with Crippen LogP contribution in [0.4, 0.5) is 0 Å². The maximum Gasteiger partial charge on any atom is 0.201 e. The lowest BCUT2D eigenvalue weighted by Gasteiger charge is -2.43. The second kappa shape index (κ2) is 9.82. The van der Waals surface area contributed by atoms with Crippen LogP contribution in [-0.4, -0.2) is 86.0 Å². The minimum absolute atomic E-state index is 0.0171. The van der Waals surface area contributed by atoms with E-state index in [4.69, 9.17) is 25.4 Å². The van der Waals surface area contributed by atoms with Gasteiger partial charge in [0.1, 0.15) is 29.0 Å². The number of aliphatic hydroxyl groups excluding tert-OH is 3. The van der Waals surface area contributed by atoms with Gasteiger partial charge < -0.3 is 56.0 Å². The zero-order valence-corrected chi connectivity index (χ0v) is 21.4. The molecule has 1 aliphatic heterocycles. The molecule has 2 aliphatic carbocycles. The van der Waals surface area contributed by atoms with Crippen LogP contribution >= 0.6 is 0 Å². The van der Waals surface area contributed by atoms with Gasteiger partial charge in [-0.1, -0.05) is 12.1 Å². The molecule has 210 valence electrons. The van der Waals surface area contributed by atoms with E-state index >= 15 is 0 Å². The van der Waals surface area contributed by atoms with E-state index in [0.29, 0.717) is 0 Å². The highest BCUT2D eigenvalue weighted by molar-refractivity contribution is 6.16. The molecule has 39 heavy (non-hydrogen) atoms. The molecule has 0 amide bonds. The SMILES string of the molecule is COc1cccc2c1C(=O)c1c(O)c3c(c(O)c1C2O)C[C@@](O)(C(=N)CO)C[C@@H]3O[C@H]1C[C@@H](N)[C@@H](O)[C@H](C)O1. The summed E-state index contributed by atoms with van der Waals surface area (Å²) in [5.41, 5.74) is 3.15. The Balaban J connectivity index is 1.68. The second-order valence-electron chi connectivity index (χ2n) is 10.4. The van der Waals surface area contributed by atoms with Crippen molar-refractivity contribution in [2.45, 2.75) is 68.5 Å². The number of carbonyl (C=O) groups is 1. The Kier molecular flexibility index (Phi) is 6.92. The number of rotatable bonds is 5. The van der Waals surface area contributed by atoms with Crippen LogP contribution in [0.2, 0.25) is 0 Å². The molecule has 5 rings (SSSR count). The van der Waals surface area contributed by atoms with E-state index in [1.807, 2.05) is 0 Å². The molecule has 0 bridgehead atoms. The average molecular weight is 545 g/mol. The van der Waals surface area contributed by atoms with Crippen LogP contribution in [0, 0.1) is 5.41 Å². The molecule has 1 heterocycles. The van der Waals surface area contributed by atoms with Crippen LogP contribution in [-0.2, 0) is 15.9 Å². The van der Waals surface area contributed by atoms with Gasteiger partial charge in [0.2, 0.25) is 5.78 Å². The van der Waals surface area contributed by atoms with E-state index in [9.17, 15) is 35.4 Å². The Hall–Kier alpha value is -3.10. The lowest BCUT2D eigenvalue weighted by atomic mass is 9.71. The summed E-state index contributed by atoms with van der Waals surface area (Å²) in [4.78, 5) is 13.7. The number of nitrogens with one attached hydrogen (secondary N) is 1. The molecule has 9 N–H and O–H groups in total. The third-order valence-electron chi connectivity index (χ3n) is 8.03. The number of phenols is 2. The highest BCUT2D eigenvalue weighted by Crippen LogP contribution is 2.54. The van der Waals surface area contributed by atoms with E-state index in [-0.39, 0.29) is 52.0 Å². The number of ether oxygens (including phenoxy) is 3. The van der Waals surface area contributed by atoms with E-state index in [1.165, 1.54) is 19.2 Å². The summed E-state index contributed by atoms with van der Waals surface area (Å²) in [6.07, 6.45) is -6.05. The van der Waals surface area contributed by atoms with Crippen LogP contribution in [0.5, 0.6) is 17.2 Å². The fraction of sp³-hybridized carbons (Fsp3) is 0.481. The zero-order chi connectivity index (χ0) is 28.4. The first-order valence-electron chi connectivity index (χ1n) is 12.6. The number of hydrogen-bond acceptors (Lipinski definition) is 12. The first-order valence-corrected chi connectivity index (χ1v) is 12.6. The molecule has 0 radical (unpaired) electrons. The van der Waals surface area contributed by atoms with Gasteiger partial charge in [0.25, 0.3) is 0 Å². The molecule has 12 nitrogen and oxygen atoms in total. The Labute approximate surface area is 223 Å². The molecular weight excluding hydrogens is 512 g/mol. The van der Waals surface area contributed by atoms with Crippen molar-refractivity contribution in [3.8, 4) is 17.2 Å². The van der Waals surface area contributed by atoms with Gasteiger partial charge in [0, 0.05) is 47.6 Å². The fourth-order valence-electron chi connectivity index (χ4n) is 5.93. The number of aromatic hydroxyl groups is 2. The molecule has 0 aromatic heterocycles. The van der Waals surface area contributed by atoms with E-state index in [1.54, 1.807) is 13.0 Å². The third kappa shape index (κ3) is 4.19. The minimum Gasteiger partial charge on any atom is -0.507 e. The quantitative estimate of drug-likeness (QED) is 0.189. The van der Waals surface area contributed by atoms with Gasteiger partial charge in [-0.3, -0.25) is 4.79 Å². The van der Waals surface area contributed by atoms with Gasteiger partial charge in [0.15, 0.2) is 6.29 Å². The van der Waals surface area contributed by atoms with Crippen LogP contribution in [0.25, 0.3) is 0 Å². The number of nitrogens with two attached hydrogens (primary N) is 1. The molecule has 1 unspecified atom stereocenters. The lowest BCUT2D eigenvalue weighted by molar-refractivity contribution is -0.245. The fourth-order valence-corrected chi connectivity index (χ4v) is 5.93. The van der Waals surface area contributed by atoms with E-state index in [0.717, 1.165) is 0 Å². The molecule has 1 fully saturated rings. The van der Waals surface area contributed by atoms with Crippen LogP contribution in [0.3, 0.4) is 0 Å². The zero-order valence-electron chi connectivity index (χ0n) is 21.4. The molecule has 0 saturated carbocycles. The number of methoxy groups -OCH3 is 1. The molecule has 2 aromatic carbocycles. The second-order valence-corrected chi connectivity index (χ2v) is 10.4. The summed E-state index contributed by atoms with van der Waals surface area (Å²) in [6.45, 7) is 0.829. The molecule has 0 spiro atoms. The summed E-state index contributed by atoms with van der Waals surface area (Å²) < 4.78 is 17.2. The molecule has 1 saturated heterocycles. The normalized spacial score (nSPS) is 31.7. The van der Waals surface area contributed by atoms with Crippen molar-refractivity contribution in [2.24, 2.45) is 5.73 Å². The number of hydrogen-bond donors (Lipinski definition) is 8. The monoisotopic (exact) mass is 544 g/mol.